The molecule has 0 saturated carbocycles. The normalized spacial score (nSPS) is 16.1. The first kappa shape index (κ1) is 20.4. The summed E-state index contributed by atoms with van der Waals surface area (Å²) in [6.45, 7) is 0.123. The number of hydrogen-bond donors (Lipinski definition) is 1. The van der Waals surface area contributed by atoms with E-state index in [-0.39, 0.29) is 36.0 Å². The van der Waals surface area contributed by atoms with Crippen LogP contribution in [0.4, 0.5) is 10.5 Å². The summed E-state index contributed by atoms with van der Waals surface area (Å²) in [5.41, 5.74) is 0.604. The Morgan fingerprint density at radius 1 is 1.19 bits per heavy atom. The fraction of sp³-hybridized carbons (Fsp3) is 0.150. The second-order valence-corrected chi connectivity index (χ2v) is 7.50. The van der Waals surface area contributed by atoms with Crippen molar-refractivity contribution < 1.29 is 28.8 Å². The van der Waals surface area contributed by atoms with Crippen LogP contribution in [0.2, 0.25) is 0 Å². The monoisotopic (exact) mass is 441 g/mol. The molecular formula is C20H15N3O7S. The van der Waals surface area contributed by atoms with E-state index in [4.69, 9.17) is 9.47 Å². The number of nitrogens with zero attached hydrogens (tertiary/aromatic N) is 2. The molecule has 10 nitrogen and oxygen atoms in total. The molecule has 2 aromatic rings. The first-order valence-electron chi connectivity index (χ1n) is 9.10. The van der Waals surface area contributed by atoms with Gasteiger partial charge in [-0.25, -0.2) is 0 Å². The molecule has 0 unspecified atom stereocenters. The molecule has 2 aliphatic rings. The molecule has 3 amide bonds. The van der Waals surface area contributed by atoms with Crippen molar-refractivity contribution >= 4 is 40.6 Å². The highest BCUT2D eigenvalue weighted by atomic mass is 32.2. The molecule has 158 valence electrons. The molecule has 0 radical (unpaired) electrons. The van der Waals surface area contributed by atoms with Gasteiger partial charge < -0.3 is 14.8 Å². The van der Waals surface area contributed by atoms with Crippen LogP contribution in [-0.4, -0.2) is 46.8 Å². The molecular weight excluding hydrogens is 426 g/mol. The second kappa shape index (κ2) is 8.48. The number of carbonyl (C=O) groups excluding carboxylic acids is 3. The second-order valence-electron chi connectivity index (χ2n) is 6.51. The minimum Gasteiger partial charge on any atom is -0.454 e. The average molecular weight is 441 g/mol. The van der Waals surface area contributed by atoms with Crippen LogP contribution in [-0.2, 0) is 4.79 Å². The summed E-state index contributed by atoms with van der Waals surface area (Å²) in [6.07, 6.45) is 1.59. The maximum Gasteiger partial charge on any atom is 0.293 e. The van der Waals surface area contributed by atoms with Gasteiger partial charge in [0.25, 0.3) is 22.7 Å². The lowest BCUT2D eigenvalue weighted by atomic mass is 10.2. The Kier molecular flexibility index (Phi) is 5.58. The van der Waals surface area contributed by atoms with Crippen molar-refractivity contribution in [3.8, 4) is 11.5 Å². The number of rotatable bonds is 6. The third kappa shape index (κ3) is 4.36. The van der Waals surface area contributed by atoms with Gasteiger partial charge in [0.05, 0.1) is 9.83 Å². The molecule has 0 aromatic heterocycles. The topological polar surface area (TPSA) is 128 Å². The summed E-state index contributed by atoms with van der Waals surface area (Å²) in [5.74, 6) is 0.186. The molecule has 2 aromatic carbocycles. The molecule has 0 atom stereocenters. The van der Waals surface area contributed by atoms with Crippen molar-refractivity contribution in [2.24, 2.45) is 0 Å². The summed E-state index contributed by atoms with van der Waals surface area (Å²) in [6, 6.07) is 10.5. The maximum atomic E-state index is 12.6. The van der Waals surface area contributed by atoms with E-state index in [1.165, 1.54) is 18.2 Å². The van der Waals surface area contributed by atoms with Crippen LogP contribution >= 0.6 is 11.8 Å². The molecule has 1 fully saturated rings. The molecule has 31 heavy (non-hydrogen) atoms. The minimum atomic E-state index is -0.594. The van der Waals surface area contributed by atoms with Crippen molar-refractivity contribution in [2.75, 3.05) is 19.9 Å². The lowest BCUT2D eigenvalue weighted by Crippen LogP contribution is -2.37. The van der Waals surface area contributed by atoms with Crippen molar-refractivity contribution in [1.82, 2.24) is 10.2 Å². The van der Waals surface area contributed by atoms with Crippen LogP contribution in [0.3, 0.4) is 0 Å². The van der Waals surface area contributed by atoms with Crippen molar-refractivity contribution in [2.45, 2.75) is 0 Å². The Hall–Kier alpha value is -3.86. The number of non-ortho nitro benzene ring substituents is 1. The number of imide groups is 1. The molecule has 0 aliphatic carbocycles. The van der Waals surface area contributed by atoms with Crippen LogP contribution in [0.25, 0.3) is 6.08 Å². The van der Waals surface area contributed by atoms with Gasteiger partial charge >= 0.3 is 0 Å². The van der Waals surface area contributed by atoms with E-state index in [0.29, 0.717) is 17.1 Å². The minimum absolute atomic E-state index is 0.0108. The first-order valence-corrected chi connectivity index (χ1v) is 9.92. The number of thioether (sulfide) groups is 1. The molecule has 2 aliphatic heterocycles. The lowest BCUT2D eigenvalue weighted by molar-refractivity contribution is -0.384. The zero-order valence-electron chi connectivity index (χ0n) is 15.9. The number of ether oxygens (including phenoxy) is 2. The zero-order valence-corrected chi connectivity index (χ0v) is 16.7. The lowest BCUT2D eigenvalue weighted by Gasteiger charge is -2.13. The Bertz CT molecular complexity index is 1130. The Morgan fingerprint density at radius 2 is 2.00 bits per heavy atom. The first-order chi connectivity index (χ1) is 14.9. The zero-order chi connectivity index (χ0) is 22.0. The van der Waals surface area contributed by atoms with Crippen LogP contribution in [0, 0.1) is 10.1 Å². The van der Waals surface area contributed by atoms with E-state index in [1.807, 2.05) is 0 Å². The van der Waals surface area contributed by atoms with Gasteiger partial charge in [-0.05, 0) is 41.6 Å². The van der Waals surface area contributed by atoms with Crippen LogP contribution in [0.5, 0.6) is 11.5 Å². The summed E-state index contributed by atoms with van der Waals surface area (Å²) in [5, 5.41) is 12.9. The molecule has 0 bridgehead atoms. The van der Waals surface area contributed by atoms with Gasteiger partial charge in [0.1, 0.15) is 0 Å². The average Bonchev–Trinajstić information content (AvgIpc) is 3.33. The van der Waals surface area contributed by atoms with Gasteiger partial charge in [-0.15, -0.1) is 0 Å². The predicted molar refractivity (Wildman–Crippen MR) is 111 cm³/mol. The SMILES string of the molecule is O=C(NCCN1C(=O)S/C(=C\c2ccc3c(c2)OCO3)C1=O)c1cccc([N+](=O)[O-])c1. The van der Waals surface area contributed by atoms with E-state index in [0.717, 1.165) is 22.7 Å². The number of carbonyl (C=O) groups is 3. The Balaban J connectivity index is 1.37. The Labute approximate surface area is 180 Å². The van der Waals surface area contributed by atoms with Crippen LogP contribution < -0.4 is 14.8 Å². The summed E-state index contributed by atoms with van der Waals surface area (Å²) < 4.78 is 10.6. The fourth-order valence-corrected chi connectivity index (χ4v) is 3.86. The van der Waals surface area contributed by atoms with Gasteiger partial charge in [-0.1, -0.05) is 12.1 Å². The van der Waals surface area contributed by atoms with Crippen LogP contribution in [0.1, 0.15) is 15.9 Å². The highest BCUT2D eigenvalue weighted by molar-refractivity contribution is 8.18. The van der Waals surface area contributed by atoms with E-state index < -0.39 is 22.0 Å². The van der Waals surface area contributed by atoms with Gasteiger partial charge in [0.2, 0.25) is 6.79 Å². The van der Waals surface area contributed by atoms with E-state index in [2.05, 4.69) is 5.32 Å². The highest BCUT2D eigenvalue weighted by Crippen LogP contribution is 2.36. The third-order valence-electron chi connectivity index (χ3n) is 4.51. The third-order valence-corrected chi connectivity index (χ3v) is 5.42. The molecule has 11 heteroatoms. The van der Waals surface area contributed by atoms with E-state index >= 15 is 0 Å². The van der Waals surface area contributed by atoms with Crippen LogP contribution in [0.15, 0.2) is 47.4 Å². The number of hydrogen-bond acceptors (Lipinski definition) is 8. The van der Waals surface area contributed by atoms with Crippen molar-refractivity contribution in [3.05, 3.63) is 68.6 Å². The summed E-state index contributed by atoms with van der Waals surface area (Å²) in [7, 11) is 0. The summed E-state index contributed by atoms with van der Waals surface area (Å²) >= 11 is 0.809. The quantitative estimate of drug-likeness (QED) is 0.412. The standard InChI is InChI=1S/C20H15N3O7S/c24-18(13-2-1-3-14(10-13)23(27)28)21-6-7-22-19(25)17(31-20(22)26)9-12-4-5-15-16(8-12)30-11-29-15/h1-5,8-10H,6-7,11H2,(H,21,24)/b17-9-. The molecule has 1 saturated heterocycles. The number of nitro benzene ring substituents is 1. The fourth-order valence-electron chi connectivity index (χ4n) is 2.99. The summed E-state index contributed by atoms with van der Waals surface area (Å²) in [4.78, 5) is 48.5. The van der Waals surface area contributed by atoms with Crippen molar-refractivity contribution in [1.29, 1.82) is 0 Å². The number of nitrogens with one attached hydrogen (secondary N) is 1. The number of fused-ring (bicyclic) bond motifs is 1. The Morgan fingerprint density at radius 3 is 2.81 bits per heavy atom. The van der Waals surface area contributed by atoms with E-state index in [1.54, 1.807) is 24.3 Å². The molecule has 1 N–H and O–H groups in total. The van der Waals surface area contributed by atoms with Gasteiger partial charge in [-0.3, -0.25) is 29.4 Å². The number of nitro groups is 1. The predicted octanol–water partition coefficient (Wildman–Crippen LogP) is 2.79. The highest BCUT2D eigenvalue weighted by Gasteiger charge is 2.34. The molecule has 4 rings (SSSR count). The van der Waals surface area contributed by atoms with Gasteiger partial charge in [0.15, 0.2) is 11.5 Å². The molecule has 2 heterocycles. The largest absolute Gasteiger partial charge is 0.454 e. The number of amides is 3. The number of benzene rings is 2. The van der Waals surface area contributed by atoms with Gasteiger partial charge in [-0.2, -0.15) is 0 Å². The van der Waals surface area contributed by atoms with Crippen molar-refractivity contribution in [3.63, 3.8) is 0 Å². The smallest absolute Gasteiger partial charge is 0.293 e. The maximum absolute atomic E-state index is 12.6. The molecule has 0 spiro atoms. The van der Waals surface area contributed by atoms with Gasteiger partial charge in [0, 0.05) is 30.8 Å². The van der Waals surface area contributed by atoms with E-state index in [9.17, 15) is 24.5 Å².